The topological polar surface area (TPSA) is 61.4 Å². The highest BCUT2D eigenvalue weighted by molar-refractivity contribution is 5.84. The van der Waals surface area contributed by atoms with E-state index in [2.05, 4.69) is 25.1 Å². The third-order valence-electron chi connectivity index (χ3n) is 5.10. The van der Waals surface area contributed by atoms with Crippen molar-refractivity contribution in [3.63, 3.8) is 0 Å². The third-order valence-corrected chi connectivity index (χ3v) is 5.10. The molecule has 1 aliphatic carbocycles. The molecule has 0 aromatic carbocycles. The first kappa shape index (κ1) is 13.9. The van der Waals surface area contributed by atoms with Crippen molar-refractivity contribution in [3.8, 4) is 0 Å². The zero-order chi connectivity index (χ0) is 14.9. The Morgan fingerprint density at radius 3 is 2.59 bits per heavy atom. The Kier molecular flexibility index (Phi) is 3.70. The minimum atomic E-state index is 0.139. The summed E-state index contributed by atoms with van der Waals surface area (Å²) in [5.74, 6) is 1.27. The van der Waals surface area contributed by atoms with Gasteiger partial charge in [0.1, 0.15) is 12.1 Å². The summed E-state index contributed by atoms with van der Waals surface area (Å²) < 4.78 is 0. The van der Waals surface area contributed by atoms with Crippen LogP contribution in [0.3, 0.4) is 0 Å². The Balaban J connectivity index is 1.29. The summed E-state index contributed by atoms with van der Waals surface area (Å²) in [6.07, 6.45) is 8.90. The number of anilines is 1. The lowest BCUT2D eigenvalue weighted by atomic mass is 10.0. The van der Waals surface area contributed by atoms with Crippen LogP contribution in [-0.2, 0) is 4.79 Å². The van der Waals surface area contributed by atoms with E-state index in [-0.39, 0.29) is 6.04 Å². The molecule has 2 aliphatic heterocycles. The van der Waals surface area contributed by atoms with Crippen molar-refractivity contribution < 1.29 is 4.79 Å². The summed E-state index contributed by atoms with van der Waals surface area (Å²) in [5.41, 5.74) is 0. The van der Waals surface area contributed by atoms with Crippen molar-refractivity contribution in [1.82, 2.24) is 19.8 Å². The largest absolute Gasteiger partial charge is 0.367 e. The van der Waals surface area contributed by atoms with E-state index in [1.54, 1.807) is 12.5 Å². The Labute approximate surface area is 130 Å². The Bertz CT molecular complexity index is 525. The fraction of sp³-hybridized carbons (Fsp3) is 0.688. The molecule has 3 aliphatic rings. The Morgan fingerprint density at radius 1 is 1.09 bits per heavy atom. The van der Waals surface area contributed by atoms with Crippen LogP contribution in [0.1, 0.15) is 32.1 Å². The predicted molar refractivity (Wildman–Crippen MR) is 83.4 cm³/mol. The van der Waals surface area contributed by atoms with E-state index in [9.17, 15) is 4.79 Å². The molecule has 1 atom stereocenters. The van der Waals surface area contributed by atoms with Gasteiger partial charge in [0.15, 0.2) is 0 Å². The number of aromatic nitrogens is 2. The smallest absolute Gasteiger partial charge is 0.240 e. The van der Waals surface area contributed by atoms with Gasteiger partial charge in [0.25, 0.3) is 0 Å². The molecule has 22 heavy (non-hydrogen) atoms. The lowest BCUT2D eigenvalue weighted by Gasteiger charge is -2.35. The summed E-state index contributed by atoms with van der Waals surface area (Å²) in [6, 6.07) is 3.05. The first-order chi connectivity index (χ1) is 10.8. The number of amides is 1. The van der Waals surface area contributed by atoms with Crippen LogP contribution in [0.2, 0.25) is 0 Å². The predicted octanol–water partition coefficient (Wildman–Crippen LogP) is 1.12. The summed E-state index contributed by atoms with van der Waals surface area (Å²) in [7, 11) is 0. The molecule has 0 spiro atoms. The van der Waals surface area contributed by atoms with Crippen LogP contribution < -0.4 is 5.32 Å². The lowest BCUT2D eigenvalue weighted by molar-refractivity contribution is -0.132. The number of nitrogens with zero attached hydrogens (tertiary/aromatic N) is 4. The summed E-state index contributed by atoms with van der Waals surface area (Å²) in [6.45, 7) is 2.96. The fourth-order valence-electron chi connectivity index (χ4n) is 3.71. The van der Waals surface area contributed by atoms with E-state index in [4.69, 9.17) is 0 Å². The highest BCUT2D eigenvalue weighted by Crippen LogP contribution is 2.32. The van der Waals surface area contributed by atoms with Gasteiger partial charge in [-0.2, -0.15) is 0 Å². The van der Waals surface area contributed by atoms with Crippen molar-refractivity contribution in [1.29, 1.82) is 0 Å². The maximum absolute atomic E-state index is 12.5. The van der Waals surface area contributed by atoms with Crippen LogP contribution in [0, 0.1) is 0 Å². The number of hydrogen-bond acceptors (Lipinski definition) is 5. The van der Waals surface area contributed by atoms with E-state index in [1.165, 1.54) is 12.8 Å². The molecular formula is C16H23N5O. The zero-order valence-electron chi connectivity index (χ0n) is 12.8. The summed E-state index contributed by atoms with van der Waals surface area (Å²) in [4.78, 5) is 25.2. The van der Waals surface area contributed by atoms with Gasteiger partial charge in [-0.1, -0.05) is 0 Å². The fourth-order valence-corrected chi connectivity index (χ4v) is 3.71. The molecule has 3 heterocycles. The van der Waals surface area contributed by atoms with Crippen molar-refractivity contribution in [2.24, 2.45) is 0 Å². The first-order valence-electron chi connectivity index (χ1n) is 8.38. The lowest BCUT2D eigenvalue weighted by Crippen LogP contribution is -2.48. The number of nitrogens with one attached hydrogen (secondary N) is 1. The van der Waals surface area contributed by atoms with Gasteiger partial charge in [-0.05, 0) is 38.2 Å². The molecule has 4 rings (SSSR count). The molecule has 2 saturated heterocycles. The number of carbonyl (C=O) groups excluding carboxylic acids is 1. The van der Waals surface area contributed by atoms with Crippen molar-refractivity contribution in [2.45, 2.75) is 50.2 Å². The highest BCUT2D eigenvalue weighted by Gasteiger charge is 2.43. The van der Waals surface area contributed by atoms with Crippen LogP contribution in [-0.4, -0.2) is 63.4 Å². The second-order valence-corrected chi connectivity index (χ2v) is 6.62. The van der Waals surface area contributed by atoms with Gasteiger partial charge in [0.05, 0.1) is 6.04 Å². The van der Waals surface area contributed by atoms with Crippen molar-refractivity contribution in [2.75, 3.05) is 25.0 Å². The number of likely N-dealkylation sites (tertiary alicyclic amines) is 2. The molecule has 118 valence electrons. The molecule has 1 amide bonds. The molecule has 1 aromatic heterocycles. The van der Waals surface area contributed by atoms with Gasteiger partial charge in [0.2, 0.25) is 5.91 Å². The van der Waals surface area contributed by atoms with Gasteiger partial charge in [-0.3, -0.25) is 9.69 Å². The number of hydrogen-bond donors (Lipinski definition) is 1. The van der Waals surface area contributed by atoms with Crippen LogP contribution in [0.15, 0.2) is 18.6 Å². The third kappa shape index (κ3) is 2.79. The maximum Gasteiger partial charge on any atom is 0.240 e. The summed E-state index contributed by atoms with van der Waals surface area (Å²) in [5, 5.41) is 3.47. The van der Waals surface area contributed by atoms with Crippen LogP contribution in [0.25, 0.3) is 0 Å². The molecule has 1 unspecified atom stereocenters. The van der Waals surface area contributed by atoms with Crippen molar-refractivity contribution >= 4 is 11.7 Å². The zero-order valence-corrected chi connectivity index (χ0v) is 12.8. The average Bonchev–Trinajstić information content (AvgIpc) is 3.32. The SMILES string of the molecule is O=C1C(N2CCC(Nc3ccncn3)CC2)CCN1C1CC1. The van der Waals surface area contributed by atoms with E-state index >= 15 is 0 Å². The number of carbonyl (C=O) groups is 1. The van der Waals surface area contributed by atoms with E-state index in [0.717, 1.165) is 44.7 Å². The Hall–Kier alpha value is -1.69. The number of piperidine rings is 1. The summed E-state index contributed by atoms with van der Waals surface area (Å²) >= 11 is 0. The molecular weight excluding hydrogens is 278 g/mol. The van der Waals surface area contributed by atoms with Gasteiger partial charge in [-0.15, -0.1) is 0 Å². The monoisotopic (exact) mass is 301 g/mol. The van der Waals surface area contributed by atoms with Crippen LogP contribution in [0.5, 0.6) is 0 Å². The van der Waals surface area contributed by atoms with Gasteiger partial charge in [-0.25, -0.2) is 9.97 Å². The maximum atomic E-state index is 12.5. The first-order valence-corrected chi connectivity index (χ1v) is 8.38. The minimum absolute atomic E-state index is 0.139. The molecule has 0 bridgehead atoms. The molecule has 1 aromatic rings. The van der Waals surface area contributed by atoms with Gasteiger partial charge in [0, 0.05) is 37.9 Å². The van der Waals surface area contributed by atoms with E-state index < -0.39 is 0 Å². The second kappa shape index (κ2) is 5.83. The quantitative estimate of drug-likeness (QED) is 0.903. The number of rotatable bonds is 4. The Morgan fingerprint density at radius 2 is 1.91 bits per heavy atom. The molecule has 6 heteroatoms. The molecule has 1 N–H and O–H groups in total. The molecule has 6 nitrogen and oxygen atoms in total. The van der Waals surface area contributed by atoms with Crippen LogP contribution in [0.4, 0.5) is 5.82 Å². The molecule has 1 saturated carbocycles. The molecule has 0 radical (unpaired) electrons. The van der Waals surface area contributed by atoms with Crippen LogP contribution >= 0.6 is 0 Å². The van der Waals surface area contributed by atoms with E-state index in [0.29, 0.717) is 18.0 Å². The standard InChI is InChI=1S/C16H23N5O/c22-16-14(6-10-21(16)13-1-2-13)20-8-4-12(5-9-20)19-15-3-7-17-11-18-15/h3,7,11-14H,1-2,4-6,8-10H2,(H,17,18,19). The second-order valence-electron chi connectivity index (χ2n) is 6.62. The minimum Gasteiger partial charge on any atom is -0.367 e. The molecule has 3 fully saturated rings. The highest BCUT2D eigenvalue weighted by atomic mass is 16.2. The van der Waals surface area contributed by atoms with Gasteiger partial charge >= 0.3 is 0 Å². The van der Waals surface area contributed by atoms with Gasteiger partial charge < -0.3 is 10.2 Å². The normalized spacial score (nSPS) is 27.4. The van der Waals surface area contributed by atoms with E-state index in [1.807, 2.05) is 6.07 Å². The van der Waals surface area contributed by atoms with Crippen molar-refractivity contribution in [3.05, 3.63) is 18.6 Å². The average molecular weight is 301 g/mol.